The SMILES string of the molecule is N#Cc1ccc(N2C(=O)N(c3ccc(CNC(=O)c4ccc5[nH]ncc5c4)c(F)c3)C3(CCC3)C2=O)cc1C(F)(F)F. The fourth-order valence-electron chi connectivity index (χ4n) is 5.39. The van der Waals surface area contributed by atoms with E-state index in [0.717, 1.165) is 34.0 Å². The highest BCUT2D eigenvalue weighted by atomic mass is 19.4. The van der Waals surface area contributed by atoms with Gasteiger partial charge in [0.2, 0.25) is 0 Å². The van der Waals surface area contributed by atoms with Crippen LogP contribution in [0.15, 0.2) is 60.8 Å². The Morgan fingerprint density at radius 2 is 1.83 bits per heavy atom. The molecule has 0 atom stereocenters. The van der Waals surface area contributed by atoms with Gasteiger partial charge in [-0.15, -0.1) is 0 Å². The molecule has 1 saturated heterocycles. The quantitative estimate of drug-likeness (QED) is 0.243. The van der Waals surface area contributed by atoms with Crippen LogP contribution in [0.3, 0.4) is 0 Å². The van der Waals surface area contributed by atoms with Crippen molar-refractivity contribution in [2.75, 3.05) is 9.80 Å². The molecule has 3 aromatic carbocycles. The van der Waals surface area contributed by atoms with E-state index >= 15 is 4.39 Å². The Morgan fingerprint density at radius 3 is 2.50 bits per heavy atom. The van der Waals surface area contributed by atoms with E-state index in [1.165, 1.54) is 18.2 Å². The number of urea groups is 1. The summed E-state index contributed by atoms with van der Waals surface area (Å²) in [6.45, 7) is -0.163. The van der Waals surface area contributed by atoms with E-state index < -0.39 is 46.5 Å². The Balaban J connectivity index is 1.26. The Kier molecular flexibility index (Phi) is 6.22. The number of H-pyrrole nitrogens is 1. The van der Waals surface area contributed by atoms with E-state index in [0.29, 0.717) is 23.0 Å². The number of hydrogen-bond acceptors (Lipinski definition) is 5. The third kappa shape index (κ3) is 4.23. The first-order valence-electron chi connectivity index (χ1n) is 12.8. The summed E-state index contributed by atoms with van der Waals surface area (Å²) in [6, 6.07) is 12.0. The molecule has 2 fully saturated rings. The van der Waals surface area contributed by atoms with Gasteiger partial charge in [0.25, 0.3) is 11.8 Å². The van der Waals surface area contributed by atoms with Gasteiger partial charge in [0.15, 0.2) is 0 Å². The molecule has 2 N–H and O–H groups in total. The van der Waals surface area contributed by atoms with Crippen LogP contribution in [0.1, 0.15) is 46.3 Å². The molecule has 9 nitrogen and oxygen atoms in total. The topological polar surface area (TPSA) is 122 Å². The molecule has 0 unspecified atom stereocenters. The average Bonchev–Trinajstić information content (AvgIpc) is 3.50. The number of anilines is 2. The summed E-state index contributed by atoms with van der Waals surface area (Å²) in [7, 11) is 0. The Morgan fingerprint density at radius 1 is 1.07 bits per heavy atom. The minimum atomic E-state index is -4.89. The number of aromatic nitrogens is 2. The van der Waals surface area contributed by atoms with Gasteiger partial charge in [0, 0.05) is 28.7 Å². The number of fused-ring (bicyclic) bond motifs is 1. The van der Waals surface area contributed by atoms with Crippen molar-refractivity contribution in [1.29, 1.82) is 5.26 Å². The zero-order valence-electron chi connectivity index (χ0n) is 21.6. The molecule has 2 heterocycles. The van der Waals surface area contributed by atoms with Gasteiger partial charge < -0.3 is 5.32 Å². The predicted molar refractivity (Wildman–Crippen MR) is 142 cm³/mol. The Labute approximate surface area is 235 Å². The maximum absolute atomic E-state index is 15.3. The molecule has 0 bridgehead atoms. The van der Waals surface area contributed by atoms with Crippen molar-refractivity contribution in [3.63, 3.8) is 0 Å². The van der Waals surface area contributed by atoms with Gasteiger partial charge in [-0.05, 0) is 67.8 Å². The molecule has 1 spiro atoms. The first-order chi connectivity index (χ1) is 20.0. The number of carbonyl (C=O) groups is 3. The molecular formula is C29H20F4N6O3. The van der Waals surface area contributed by atoms with E-state index in [-0.39, 0.29) is 36.3 Å². The van der Waals surface area contributed by atoms with Crippen LogP contribution in [0.2, 0.25) is 0 Å². The first kappa shape index (κ1) is 26.9. The molecular weight excluding hydrogens is 556 g/mol. The third-order valence-electron chi connectivity index (χ3n) is 7.72. The van der Waals surface area contributed by atoms with Crippen LogP contribution in [-0.4, -0.2) is 33.6 Å². The van der Waals surface area contributed by atoms with Crippen LogP contribution in [-0.2, 0) is 17.5 Å². The maximum Gasteiger partial charge on any atom is 0.417 e. The second kappa shape index (κ2) is 9.69. The number of benzene rings is 3. The lowest BCUT2D eigenvalue weighted by molar-refractivity contribution is -0.137. The van der Waals surface area contributed by atoms with Crippen LogP contribution in [0, 0.1) is 17.1 Å². The average molecular weight is 577 g/mol. The van der Waals surface area contributed by atoms with Gasteiger partial charge in [-0.25, -0.2) is 14.1 Å². The molecule has 4 amide bonds. The summed E-state index contributed by atoms with van der Waals surface area (Å²) in [4.78, 5) is 41.5. The number of alkyl halides is 3. The second-order valence-corrected chi connectivity index (χ2v) is 10.1. The molecule has 6 rings (SSSR count). The number of carbonyl (C=O) groups excluding carboxylic acids is 3. The summed E-state index contributed by atoms with van der Waals surface area (Å²) in [5.74, 6) is -1.90. The Bertz CT molecular complexity index is 1820. The number of imide groups is 1. The van der Waals surface area contributed by atoms with Gasteiger partial charge in [-0.3, -0.25) is 19.6 Å². The van der Waals surface area contributed by atoms with Crippen LogP contribution in [0.5, 0.6) is 0 Å². The lowest BCUT2D eigenvalue weighted by atomic mass is 9.75. The highest BCUT2D eigenvalue weighted by Gasteiger charge is 2.61. The van der Waals surface area contributed by atoms with Crippen molar-refractivity contribution in [2.45, 2.75) is 37.5 Å². The summed E-state index contributed by atoms with van der Waals surface area (Å²) in [5.41, 5.74) is -2.33. The minimum absolute atomic E-state index is 0.0539. The number of nitrogens with zero attached hydrogens (tertiary/aromatic N) is 4. The molecule has 1 aliphatic heterocycles. The molecule has 13 heteroatoms. The molecule has 42 heavy (non-hydrogen) atoms. The smallest absolute Gasteiger partial charge is 0.348 e. The van der Waals surface area contributed by atoms with Crippen molar-refractivity contribution in [1.82, 2.24) is 15.5 Å². The van der Waals surface area contributed by atoms with Crippen molar-refractivity contribution in [3.8, 4) is 6.07 Å². The Hall–Kier alpha value is -5.25. The monoisotopic (exact) mass is 576 g/mol. The molecule has 4 aromatic rings. The second-order valence-electron chi connectivity index (χ2n) is 10.1. The van der Waals surface area contributed by atoms with Gasteiger partial charge >= 0.3 is 12.2 Å². The number of nitrogens with one attached hydrogen (secondary N) is 2. The zero-order valence-corrected chi connectivity index (χ0v) is 21.6. The molecule has 1 aromatic heterocycles. The maximum atomic E-state index is 15.3. The fraction of sp³-hybridized carbons (Fsp3) is 0.207. The van der Waals surface area contributed by atoms with Gasteiger partial charge in [0.05, 0.1) is 34.6 Å². The number of nitriles is 1. The van der Waals surface area contributed by atoms with Crippen LogP contribution < -0.4 is 15.1 Å². The minimum Gasteiger partial charge on any atom is -0.348 e. The number of amides is 4. The molecule has 0 radical (unpaired) electrons. The van der Waals surface area contributed by atoms with Crippen LogP contribution >= 0.6 is 0 Å². The number of hydrogen-bond donors (Lipinski definition) is 2. The highest BCUT2D eigenvalue weighted by Crippen LogP contribution is 2.48. The third-order valence-corrected chi connectivity index (χ3v) is 7.72. The van der Waals surface area contributed by atoms with Crippen molar-refractivity contribution >= 4 is 40.1 Å². The number of halogens is 4. The normalized spacial score (nSPS) is 16.2. The summed E-state index contributed by atoms with van der Waals surface area (Å²) in [6.07, 6.45) is -2.24. The van der Waals surface area contributed by atoms with Gasteiger partial charge in [-0.1, -0.05) is 6.07 Å². The largest absolute Gasteiger partial charge is 0.417 e. The first-order valence-corrected chi connectivity index (χ1v) is 12.8. The van der Waals surface area contributed by atoms with Crippen LogP contribution in [0.25, 0.3) is 10.9 Å². The molecule has 1 aliphatic carbocycles. The fourth-order valence-corrected chi connectivity index (χ4v) is 5.39. The van der Waals surface area contributed by atoms with Gasteiger partial charge in [0.1, 0.15) is 11.4 Å². The lowest BCUT2D eigenvalue weighted by Crippen LogP contribution is -2.55. The van der Waals surface area contributed by atoms with Crippen LogP contribution in [0.4, 0.5) is 33.7 Å². The summed E-state index contributed by atoms with van der Waals surface area (Å²) < 4.78 is 56.0. The van der Waals surface area contributed by atoms with E-state index in [2.05, 4.69) is 15.5 Å². The molecule has 2 aliphatic rings. The van der Waals surface area contributed by atoms with Crippen molar-refractivity contribution in [3.05, 3.63) is 88.9 Å². The molecule has 212 valence electrons. The standard InChI is InChI=1S/C29H20F4N6O3/c30-23-12-21(6-3-18(23)14-35-25(40)16-4-7-24-19(10-16)15-36-37-24)39-27(42)38(26(41)28(39)8-1-9-28)20-5-2-17(13-34)22(11-20)29(31,32)33/h2-7,10-12,15H,1,8-9,14H2,(H,35,40)(H,36,37). The number of aromatic amines is 1. The summed E-state index contributed by atoms with van der Waals surface area (Å²) in [5, 5.41) is 19.2. The van der Waals surface area contributed by atoms with Crippen molar-refractivity contribution < 1.29 is 31.9 Å². The predicted octanol–water partition coefficient (Wildman–Crippen LogP) is 5.42. The zero-order chi connectivity index (χ0) is 29.8. The van der Waals surface area contributed by atoms with E-state index in [9.17, 15) is 27.6 Å². The van der Waals surface area contributed by atoms with E-state index in [4.69, 9.17) is 5.26 Å². The highest BCUT2D eigenvalue weighted by molar-refractivity contribution is 6.30. The summed E-state index contributed by atoms with van der Waals surface area (Å²) >= 11 is 0. The van der Waals surface area contributed by atoms with E-state index in [1.54, 1.807) is 24.4 Å². The van der Waals surface area contributed by atoms with Gasteiger partial charge in [-0.2, -0.15) is 23.5 Å². The van der Waals surface area contributed by atoms with E-state index in [1.807, 2.05) is 0 Å². The molecule has 1 saturated carbocycles. The number of rotatable bonds is 5. The van der Waals surface area contributed by atoms with Crippen molar-refractivity contribution in [2.24, 2.45) is 0 Å². The lowest BCUT2D eigenvalue weighted by Gasteiger charge is -2.42.